The van der Waals surface area contributed by atoms with E-state index in [4.69, 9.17) is 25.8 Å². The van der Waals surface area contributed by atoms with Crippen molar-refractivity contribution in [3.63, 3.8) is 0 Å². The molecule has 2 aliphatic carbocycles. The normalized spacial score (nSPS) is 34.0. The highest BCUT2D eigenvalue weighted by atomic mass is 35.5. The number of aryl methyl sites for hydroxylation is 1. The van der Waals surface area contributed by atoms with E-state index in [0.717, 1.165) is 101 Å². The number of sulfonamides is 1. The standard InChI is InChI=1S/C41H54ClN3O6S/c1-29-8-6-18-41(49-3,17-4-5-19-44-20-22-50-23-21-44)36-13-10-33(36)26-45-27-40(16-7-9-31-24-34(42)12-14-35(31)40)28-51-38-15-11-32(25-37(38)45)39(46)43-52(47,48)30(29)2/h6,11-12,14-15,18,24-25,29-30,33,36,39,43,46H,5,7-10,13,16,19-23,26-28H2,1-3H3/b18-6+/t29-,30+,33-,36+,39?,40-,41+/m0/s1. The topological polar surface area (TPSA) is 101 Å². The number of aliphatic hydroxyl groups is 1. The average Bonchev–Trinajstić information content (AvgIpc) is 3.27. The third kappa shape index (κ3) is 7.66. The first-order valence-electron chi connectivity index (χ1n) is 19.1. The maximum absolute atomic E-state index is 13.6. The fourth-order valence-corrected chi connectivity index (χ4v) is 10.6. The van der Waals surface area contributed by atoms with Crippen LogP contribution < -0.4 is 14.4 Å². The third-order valence-electron chi connectivity index (χ3n) is 12.5. The summed E-state index contributed by atoms with van der Waals surface area (Å²) in [5, 5.41) is 11.3. The van der Waals surface area contributed by atoms with Crippen molar-refractivity contribution in [2.75, 3.05) is 64.6 Å². The molecule has 0 radical (unpaired) electrons. The first-order valence-corrected chi connectivity index (χ1v) is 21.0. The van der Waals surface area contributed by atoms with Gasteiger partial charge in [0, 0.05) is 62.6 Å². The van der Waals surface area contributed by atoms with Crippen LogP contribution in [0.5, 0.6) is 5.75 Å². The Kier molecular flexibility index (Phi) is 11.3. The molecule has 282 valence electrons. The van der Waals surface area contributed by atoms with Gasteiger partial charge in [-0.1, -0.05) is 48.6 Å². The number of halogens is 1. The molecule has 2 fully saturated rings. The molecule has 1 saturated heterocycles. The third-order valence-corrected chi connectivity index (χ3v) is 14.7. The summed E-state index contributed by atoms with van der Waals surface area (Å²) in [6.45, 7) is 9.88. The van der Waals surface area contributed by atoms with Gasteiger partial charge in [-0.3, -0.25) is 4.90 Å². The van der Waals surface area contributed by atoms with Crippen LogP contribution in [0.15, 0.2) is 48.6 Å². The number of rotatable bonds is 3. The summed E-state index contributed by atoms with van der Waals surface area (Å²) >= 11 is 6.49. The average molecular weight is 752 g/mol. The Morgan fingerprint density at radius 3 is 2.73 bits per heavy atom. The Bertz CT molecular complexity index is 1800. The molecule has 7 rings (SSSR count). The van der Waals surface area contributed by atoms with Gasteiger partial charge in [0.2, 0.25) is 10.0 Å². The van der Waals surface area contributed by atoms with Crippen molar-refractivity contribution in [2.24, 2.45) is 17.8 Å². The fourth-order valence-electron chi connectivity index (χ4n) is 8.99. The van der Waals surface area contributed by atoms with Gasteiger partial charge in [-0.25, -0.2) is 8.42 Å². The Hall–Kier alpha value is -2.62. The lowest BCUT2D eigenvalue weighted by Crippen LogP contribution is -2.52. The number of hydrogen-bond donors (Lipinski definition) is 2. The number of morpholine rings is 1. The second-order valence-corrected chi connectivity index (χ2v) is 18.2. The van der Waals surface area contributed by atoms with Crippen LogP contribution in [-0.4, -0.2) is 88.9 Å². The minimum absolute atomic E-state index is 0.144. The predicted octanol–water partition coefficient (Wildman–Crippen LogP) is 5.85. The van der Waals surface area contributed by atoms with Crippen molar-refractivity contribution in [2.45, 2.75) is 81.3 Å². The summed E-state index contributed by atoms with van der Waals surface area (Å²) in [4.78, 5) is 4.83. The number of anilines is 1. The quantitative estimate of drug-likeness (QED) is 0.298. The van der Waals surface area contributed by atoms with Crippen molar-refractivity contribution in [3.05, 3.63) is 70.3 Å². The highest BCUT2D eigenvalue weighted by molar-refractivity contribution is 7.90. The molecule has 52 heavy (non-hydrogen) atoms. The lowest BCUT2D eigenvalue weighted by atomic mass is 9.64. The lowest BCUT2D eigenvalue weighted by molar-refractivity contribution is -0.0351. The predicted molar refractivity (Wildman–Crippen MR) is 205 cm³/mol. The van der Waals surface area contributed by atoms with Gasteiger partial charge in [0.05, 0.1) is 30.8 Å². The molecule has 3 heterocycles. The molecular formula is C41H54ClN3O6S. The number of aliphatic hydroxyl groups excluding tert-OH is 1. The monoisotopic (exact) mass is 751 g/mol. The molecule has 9 nitrogen and oxygen atoms in total. The van der Waals surface area contributed by atoms with Crippen LogP contribution in [0.3, 0.4) is 0 Å². The number of nitrogens with zero attached hydrogens (tertiary/aromatic N) is 2. The number of allylic oxidation sites excluding steroid dienone is 1. The summed E-state index contributed by atoms with van der Waals surface area (Å²) in [5.74, 6) is 8.07. The van der Waals surface area contributed by atoms with E-state index in [-0.39, 0.29) is 23.2 Å². The van der Waals surface area contributed by atoms with Crippen LogP contribution in [0.1, 0.15) is 75.3 Å². The van der Waals surface area contributed by atoms with Crippen molar-refractivity contribution in [1.82, 2.24) is 9.62 Å². The fraction of sp³-hybridized carbons (Fsp3) is 0.610. The second kappa shape index (κ2) is 15.6. The highest BCUT2D eigenvalue weighted by Gasteiger charge is 2.48. The van der Waals surface area contributed by atoms with Crippen LogP contribution >= 0.6 is 11.6 Å². The molecule has 0 amide bonds. The van der Waals surface area contributed by atoms with Crippen LogP contribution in [0.2, 0.25) is 5.02 Å². The van der Waals surface area contributed by atoms with E-state index in [1.807, 2.05) is 25.1 Å². The first-order chi connectivity index (χ1) is 25.0. The van der Waals surface area contributed by atoms with E-state index in [1.165, 1.54) is 11.1 Å². The second-order valence-electron chi connectivity index (χ2n) is 15.7. The van der Waals surface area contributed by atoms with Gasteiger partial charge in [-0.05, 0) is 104 Å². The maximum atomic E-state index is 13.6. The van der Waals surface area contributed by atoms with Gasteiger partial charge >= 0.3 is 0 Å². The Morgan fingerprint density at radius 2 is 1.96 bits per heavy atom. The summed E-state index contributed by atoms with van der Waals surface area (Å²) in [7, 11) is -2.11. The summed E-state index contributed by atoms with van der Waals surface area (Å²) < 4.78 is 48.5. The van der Waals surface area contributed by atoms with Crippen LogP contribution in [0.25, 0.3) is 0 Å². The van der Waals surface area contributed by atoms with Crippen molar-refractivity contribution >= 4 is 27.3 Å². The van der Waals surface area contributed by atoms with Gasteiger partial charge in [-0.2, -0.15) is 4.72 Å². The molecular weight excluding hydrogens is 698 g/mol. The number of nitrogens with one attached hydrogen (secondary N) is 1. The molecule has 11 heteroatoms. The smallest absolute Gasteiger partial charge is 0.216 e. The van der Waals surface area contributed by atoms with Crippen molar-refractivity contribution in [1.29, 1.82) is 0 Å². The van der Waals surface area contributed by atoms with Crippen LogP contribution in [0, 0.1) is 29.6 Å². The Morgan fingerprint density at radius 1 is 1.13 bits per heavy atom. The van der Waals surface area contributed by atoms with Gasteiger partial charge in [-0.15, -0.1) is 0 Å². The SMILES string of the molecule is CO[C@]1(C#CCCN2CCOCC2)/C=C/C[C@H](C)[C@@H](C)S(=O)(=O)NC(O)c2ccc3c(c2)N(C[C@@H]2CC[C@H]21)C[C@@]1(CCCc2cc(Cl)ccc21)CO3. The van der Waals surface area contributed by atoms with Gasteiger partial charge < -0.3 is 24.2 Å². The van der Waals surface area contributed by atoms with Crippen molar-refractivity contribution in [3.8, 4) is 17.6 Å². The molecule has 7 atom stereocenters. The molecule has 5 aliphatic rings. The number of benzene rings is 2. The molecule has 2 aromatic carbocycles. The van der Waals surface area contributed by atoms with E-state index >= 15 is 0 Å². The number of ether oxygens (including phenoxy) is 3. The minimum atomic E-state index is -3.87. The minimum Gasteiger partial charge on any atom is -0.490 e. The molecule has 2 aromatic rings. The van der Waals surface area contributed by atoms with Crippen molar-refractivity contribution < 1.29 is 27.7 Å². The Labute approximate surface area is 315 Å². The number of hydrogen-bond acceptors (Lipinski definition) is 8. The largest absolute Gasteiger partial charge is 0.490 e. The van der Waals surface area contributed by atoms with E-state index in [1.54, 1.807) is 20.1 Å². The highest BCUT2D eigenvalue weighted by Crippen LogP contribution is 2.49. The zero-order valence-electron chi connectivity index (χ0n) is 30.8. The lowest BCUT2D eigenvalue weighted by Gasteiger charge is -2.48. The van der Waals surface area contributed by atoms with E-state index < -0.39 is 27.1 Å². The molecule has 1 spiro atoms. The summed E-state index contributed by atoms with van der Waals surface area (Å²) in [5.41, 5.74) is 2.83. The zero-order valence-corrected chi connectivity index (χ0v) is 32.4. The van der Waals surface area contributed by atoms with Gasteiger partial charge in [0.15, 0.2) is 0 Å². The zero-order chi connectivity index (χ0) is 36.5. The molecule has 0 aromatic heterocycles. The Balaban J connectivity index is 1.28. The van der Waals surface area contributed by atoms with Crippen LogP contribution in [-0.2, 0) is 31.3 Å². The van der Waals surface area contributed by atoms with E-state index in [9.17, 15) is 13.5 Å². The van der Waals surface area contributed by atoms with E-state index in [2.05, 4.69) is 50.6 Å². The van der Waals surface area contributed by atoms with E-state index in [0.29, 0.717) is 18.6 Å². The van der Waals surface area contributed by atoms with Crippen LogP contribution in [0.4, 0.5) is 5.69 Å². The number of methoxy groups -OCH3 is 1. The number of fused-ring (bicyclic) bond motifs is 4. The van der Waals surface area contributed by atoms with Gasteiger partial charge in [0.1, 0.15) is 17.6 Å². The molecule has 2 bridgehead atoms. The van der Waals surface area contributed by atoms with Gasteiger partial charge in [0.25, 0.3) is 0 Å². The summed E-state index contributed by atoms with van der Waals surface area (Å²) in [6.07, 6.45) is 9.06. The first kappa shape index (κ1) is 37.7. The maximum Gasteiger partial charge on any atom is 0.216 e. The molecule has 3 aliphatic heterocycles. The molecule has 1 unspecified atom stereocenters. The summed E-state index contributed by atoms with van der Waals surface area (Å²) in [6, 6.07) is 11.8. The molecule has 2 N–H and O–H groups in total. The molecule has 1 saturated carbocycles.